The van der Waals surface area contributed by atoms with Gasteiger partial charge in [0.25, 0.3) is 0 Å². The molecule has 0 amide bonds. The van der Waals surface area contributed by atoms with Gasteiger partial charge >= 0.3 is 0 Å². The van der Waals surface area contributed by atoms with Crippen LogP contribution in [0.3, 0.4) is 0 Å². The normalized spacial score (nSPS) is 10.4. The highest BCUT2D eigenvalue weighted by atomic mass is 16.5. The number of nitrogens with one attached hydrogen (secondary N) is 1. The Labute approximate surface area is 106 Å². The van der Waals surface area contributed by atoms with Gasteiger partial charge in [0.15, 0.2) is 0 Å². The van der Waals surface area contributed by atoms with E-state index in [1.165, 1.54) is 0 Å². The number of rotatable bonds is 4. The molecule has 0 bridgehead atoms. The monoisotopic (exact) mass is 247 g/mol. The number of hydrogen-bond acceptors (Lipinski definition) is 5. The van der Waals surface area contributed by atoms with Crippen LogP contribution in [0.2, 0.25) is 0 Å². The van der Waals surface area contributed by atoms with E-state index in [0.717, 1.165) is 28.6 Å². The van der Waals surface area contributed by atoms with Crippen molar-refractivity contribution in [2.75, 3.05) is 19.6 Å². The molecule has 2 aromatic rings. The second-order valence-electron chi connectivity index (χ2n) is 3.86. The topological polar surface area (TPSA) is 69.4 Å². The molecule has 0 radical (unpaired) electrons. The third kappa shape index (κ3) is 1.93. The Balaban J connectivity index is 2.80. The molecule has 0 saturated heterocycles. The lowest BCUT2D eigenvalue weighted by molar-refractivity contribution is 0.410. The molecule has 0 atom stereocenters. The summed E-state index contributed by atoms with van der Waals surface area (Å²) < 4.78 is 10.7. The van der Waals surface area contributed by atoms with Gasteiger partial charge in [0.1, 0.15) is 22.8 Å². The molecule has 0 aliphatic heterocycles. The number of aromatic nitrogens is 1. The Kier molecular flexibility index (Phi) is 3.53. The number of hydrogen-bond donors (Lipinski definition) is 2. The van der Waals surface area contributed by atoms with Gasteiger partial charge in [-0.3, -0.25) is 0 Å². The zero-order valence-electron chi connectivity index (χ0n) is 10.8. The van der Waals surface area contributed by atoms with Gasteiger partial charge in [0.05, 0.1) is 14.2 Å². The van der Waals surface area contributed by atoms with E-state index in [4.69, 9.17) is 15.3 Å². The summed E-state index contributed by atoms with van der Waals surface area (Å²) in [5, 5.41) is 0.924. The van der Waals surface area contributed by atoms with Crippen LogP contribution in [0.25, 0.3) is 10.9 Å². The smallest absolute Gasteiger partial charge is 0.145 e. The predicted octanol–water partition coefficient (Wildman–Crippen LogP) is 2.10. The lowest BCUT2D eigenvalue weighted by atomic mass is 10.1. The van der Waals surface area contributed by atoms with Crippen LogP contribution in [0, 0.1) is 0 Å². The van der Waals surface area contributed by atoms with Crippen LogP contribution in [0.1, 0.15) is 12.5 Å². The van der Waals surface area contributed by atoms with Gasteiger partial charge in [-0.25, -0.2) is 10.8 Å². The lowest BCUT2D eigenvalue weighted by Gasteiger charge is -2.13. The van der Waals surface area contributed by atoms with E-state index < -0.39 is 0 Å². The van der Waals surface area contributed by atoms with Crippen molar-refractivity contribution in [1.82, 2.24) is 4.98 Å². The first-order chi connectivity index (χ1) is 8.74. The average molecular weight is 247 g/mol. The van der Waals surface area contributed by atoms with Crippen molar-refractivity contribution in [2.24, 2.45) is 5.84 Å². The maximum atomic E-state index is 5.49. The van der Waals surface area contributed by atoms with Crippen LogP contribution in [0.15, 0.2) is 18.2 Å². The standard InChI is InChI=1S/C13H17N3O2/c1-4-8-7-9-10(17-2)5-6-11(18-3)12(9)15-13(8)16-14/h5-7H,4,14H2,1-3H3,(H,15,16). The van der Waals surface area contributed by atoms with Gasteiger partial charge in [-0.2, -0.15) is 0 Å². The average Bonchev–Trinajstić information content (AvgIpc) is 2.44. The van der Waals surface area contributed by atoms with Gasteiger partial charge in [0, 0.05) is 5.39 Å². The molecule has 5 nitrogen and oxygen atoms in total. The molecule has 18 heavy (non-hydrogen) atoms. The minimum Gasteiger partial charge on any atom is -0.496 e. The van der Waals surface area contributed by atoms with Gasteiger partial charge in [0.2, 0.25) is 0 Å². The fourth-order valence-electron chi connectivity index (χ4n) is 1.99. The van der Waals surface area contributed by atoms with Crippen molar-refractivity contribution >= 4 is 16.7 Å². The van der Waals surface area contributed by atoms with Crippen molar-refractivity contribution in [3.05, 3.63) is 23.8 Å². The summed E-state index contributed by atoms with van der Waals surface area (Å²) in [6, 6.07) is 5.73. The van der Waals surface area contributed by atoms with Crippen LogP contribution in [-0.2, 0) is 6.42 Å². The molecule has 0 aliphatic rings. The number of benzene rings is 1. The summed E-state index contributed by atoms with van der Waals surface area (Å²) in [6.45, 7) is 2.05. The molecular weight excluding hydrogens is 230 g/mol. The number of nitrogen functional groups attached to an aromatic ring is 1. The van der Waals surface area contributed by atoms with Crippen molar-refractivity contribution in [3.63, 3.8) is 0 Å². The molecule has 0 fully saturated rings. The van der Waals surface area contributed by atoms with E-state index in [-0.39, 0.29) is 0 Å². The minimum atomic E-state index is 0.663. The first kappa shape index (κ1) is 12.4. The number of methoxy groups -OCH3 is 2. The molecular formula is C13H17N3O2. The van der Waals surface area contributed by atoms with Crippen molar-refractivity contribution < 1.29 is 9.47 Å². The van der Waals surface area contributed by atoms with Gasteiger partial charge in [-0.15, -0.1) is 0 Å². The van der Waals surface area contributed by atoms with Gasteiger partial charge in [-0.1, -0.05) is 6.92 Å². The summed E-state index contributed by atoms with van der Waals surface area (Å²) in [7, 11) is 3.26. The predicted molar refractivity (Wildman–Crippen MR) is 72.0 cm³/mol. The van der Waals surface area contributed by atoms with E-state index >= 15 is 0 Å². The Hall–Kier alpha value is -2.01. The van der Waals surface area contributed by atoms with Crippen molar-refractivity contribution in [3.8, 4) is 11.5 Å². The van der Waals surface area contributed by atoms with Crippen LogP contribution < -0.4 is 20.7 Å². The summed E-state index contributed by atoms with van der Waals surface area (Å²) in [5.41, 5.74) is 4.40. The number of hydrazine groups is 1. The fourth-order valence-corrected chi connectivity index (χ4v) is 1.99. The third-order valence-electron chi connectivity index (χ3n) is 2.94. The van der Waals surface area contributed by atoms with E-state index in [1.807, 2.05) is 18.2 Å². The zero-order chi connectivity index (χ0) is 13.1. The number of nitrogens with zero attached hydrogens (tertiary/aromatic N) is 1. The van der Waals surface area contributed by atoms with Crippen LogP contribution in [-0.4, -0.2) is 19.2 Å². The SMILES string of the molecule is CCc1cc2c(OC)ccc(OC)c2nc1NN. The Bertz CT molecular complexity index is 519. The molecule has 3 N–H and O–H groups in total. The number of ether oxygens (including phenoxy) is 2. The molecule has 0 saturated carbocycles. The fraction of sp³-hybridized carbons (Fsp3) is 0.308. The molecule has 2 rings (SSSR count). The maximum Gasteiger partial charge on any atom is 0.145 e. The Morgan fingerprint density at radius 3 is 2.44 bits per heavy atom. The molecule has 5 heteroatoms. The molecule has 0 unspecified atom stereocenters. The van der Waals surface area contributed by atoms with E-state index in [0.29, 0.717) is 11.6 Å². The quantitative estimate of drug-likeness (QED) is 0.639. The van der Waals surface area contributed by atoms with Crippen LogP contribution in [0.4, 0.5) is 5.82 Å². The summed E-state index contributed by atoms with van der Waals surface area (Å²) in [5.74, 6) is 7.63. The Morgan fingerprint density at radius 2 is 1.89 bits per heavy atom. The maximum absolute atomic E-state index is 5.49. The number of pyridine rings is 1. The highest BCUT2D eigenvalue weighted by Gasteiger charge is 2.12. The van der Waals surface area contributed by atoms with E-state index in [9.17, 15) is 0 Å². The van der Waals surface area contributed by atoms with Gasteiger partial charge in [-0.05, 0) is 30.2 Å². The lowest BCUT2D eigenvalue weighted by Crippen LogP contribution is -2.11. The summed E-state index contributed by atoms with van der Waals surface area (Å²) >= 11 is 0. The second kappa shape index (κ2) is 5.10. The number of fused-ring (bicyclic) bond motifs is 1. The number of aryl methyl sites for hydroxylation is 1. The van der Waals surface area contributed by atoms with Gasteiger partial charge < -0.3 is 14.9 Å². The number of anilines is 1. The highest BCUT2D eigenvalue weighted by Crippen LogP contribution is 2.34. The van der Waals surface area contributed by atoms with E-state index in [2.05, 4.69) is 17.3 Å². The Morgan fingerprint density at radius 1 is 1.22 bits per heavy atom. The van der Waals surface area contributed by atoms with Crippen molar-refractivity contribution in [2.45, 2.75) is 13.3 Å². The van der Waals surface area contributed by atoms with Crippen LogP contribution >= 0.6 is 0 Å². The molecule has 1 aromatic carbocycles. The second-order valence-corrected chi connectivity index (χ2v) is 3.86. The number of nitrogens with two attached hydrogens (primary N) is 1. The van der Waals surface area contributed by atoms with Crippen molar-refractivity contribution in [1.29, 1.82) is 0 Å². The van der Waals surface area contributed by atoms with E-state index in [1.54, 1.807) is 14.2 Å². The third-order valence-corrected chi connectivity index (χ3v) is 2.94. The van der Waals surface area contributed by atoms with Crippen LogP contribution in [0.5, 0.6) is 11.5 Å². The highest BCUT2D eigenvalue weighted by molar-refractivity contribution is 5.92. The largest absolute Gasteiger partial charge is 0.496 e. The minimum absolute atomic E-state index is 0.663. The molecule has 0 aliphatic carbocycles. The summed E-state index contributed by atoms with van der Waals surface area (Å²) in [4.78, 5) is 4.50. The molecule has 1 aromatic heterocycles. The first-order valence-corrected chi connectivity index (χ1v) is 5.76. The molecule has 96 valence electrons. The molecule has 1 heterocycles. The zero-order valence-corrected chi connectivity index (χ0v) is 10.8. The first-order valence-electron chi connectivity index (χ1n) is 5.76. The summed E-state index contributed by atoms with van der Waals surface area (Å²) in [6.07, 6.45) is 0.836. The molecule has 0 spiro atoms.